The van der Waals surface area contributed by atoms with Crippen molar-refractivity contribution in [1.82, 2.24) is 0 Å². The van der Waals surface area contributed by atoms with Crippen molar-refractivity contribution in [3.63, 3.8) is 0 Å². The van der Waals surface area contributed by atoms with Gasteiger partial charge in [0, 0.05) is 23.2 Å². The number of hydrogen-bond acceptors (Lipinski definition) is 11. The van der Waals surface area contributed by atoms with E-state index in [1.165, 1.54) is 0 Å². The summed E-state index contributed by atoms with van der Waals surface area (Å²) in [6.45, 7) is 16.6. The molecule has 7 fully saturated rings. The van der Waals surface area contributed by atoms with Crippen LogP contribution in [0.15, 0.2) is 0 Å². The first-order valence-electron chi connectivity index (χ1n) is 21.4. The Morgan fingerprint density at radius 3 is 1.93 bits per heavy atom. The van der Waals surface area contributed by atoms with Crippen LogP contribution in [0.1, 0.15) is 113 Å². The van der Waals surface area contributed by atoms with Crippen LogP contribution in [0, 0.1) is 44.3 Å². The summed E-state index contributed by atoms with van der Waals surface area (Å²) in [7, 11) is 0. The Labute approximate surface area is 332 Å². The average Bonchev–Trinajstić information content (AvgIpc) is 3.89. The number of halogens is 2. The van der Waals surface area contributed by atoms with Crippen LogP contribution in [0.3, 0.4) is 0 Å². The SMILES string of the molecule is CC(C)(O)[C@@H]1CC[C@@](C)([C@H]2[C@@H](O)C[C@@]3(C)[C@@H]4C[C@@]5(OC(=O)COCCOCCOCCOCCOCCO)C[C@@]56C(C)(C)C(F)(F)CC[C@@]65C[C@@]45CC[C@]23C)O1. The maximum Gasteiger partial charge on any atom is 0.332 e. The predicted molar refractivity (Wildman–Crippen MR) is 201 cm³/mol. The Balaban J connectivity index is 1.00. The number of rotatable bonds is 19. The molecule has 11 nitrogen and oxygen atoms in total. The van der Waals surface area contributed by atoms with E-state index in [9.17, 15) is 15.0 Å². The first-order chi connectivity index (χ1) is 26.2. The number of carbonyl (C=O) groups excluding carboxylic acids is 1. The van der Waals surface area contributed by atoms with E-state index < -0.39 is 45.6 Å². The molecule has 7 rings (SSSR count). The van der Waals surface area contributed by atoms with Crippen molar-refractivity contribution < 1.29 is 62.1 Å². The Bertz CT molecular complexity index is 1460. The number of fused-ring (bicyclic) bond motifs is 2. The van der Waals surface area contributed by atoms with Gasteiger partial charge >= 0.3 is 5.97 Å². The molecule has 0 aromatic heterocycles. The van der Waals surface area contributed by atoms with Crippen molar-refractivity contribution in [3.8, 4) is 0 Å². The smallest absolute Gasteiger partial charge is 0.332 e. The van der Waals surface area contributed by atoms with E-state index in [0.717, 1.165) is 32.1 Å². The third kappa shape index (κ3) is 6.19. The second-order valence-electron chi connectivity index (χ2n) is 20.5. The van der Waals surface area contributed by atoms with Crippen LogP contribution in [0.4, 0.5) is 8.78 Å². The van der Waals surface area contributed by atoms with Gasteiger partial charge < -0.3 is 48.5 Å². The third-order valence-corrected chi connectivity index (χ3v) is 17.4. The molecule has 322 valence electrons. The Kier molecular flexibility index (Phi) is 11.2. The summed E-state index contributed by atoms with van der Waals surface area (Å²) >= 11 is 0. The molecule has 1 saturated heterocycles. The van der Waals surface area contributed by atoms with Crippen molar-refractivity contribution in [2.75, 3.05) is 72.7 Å². The average molecular weight is 801 g/mol. The number of aliphatic hydroxyl groups is 3. The molecular weight excluding hydrogens is 730 g/mol. The highest BCUT2D eigenvalue weighted by atomic mass is 19.3. The zero-order chi connectivity index (χ0) is 40.7. The highest BCUT2D eigenvalue weighted by molar-refractivity contribution is 5.72. The van der Waals surface area contributed by atoms with Crippen LogP contribution in [-0.2, 0) is 38.0 Å². The fourth-order valence-electron chi connectivity index (χ4n) is 14.8. The van der Waals surface area contributed by atoms with E-state index in [1.54, 1.807) is 27.7 Å². The summed E-state index contributed by atoms with van der Waals surface area (Å²) in [5.41, 5.74) is -5.95. The Morgan fingerprint density at radius 1 is 0.768 bits per heavy atom. The fraction of sp³-hybridized carbons (Fsp3) is 0.977. The van der Waals surface area contributed by atoms with E-state index in [4.69, 9.17) is 38.3 Å². The first-order valence-corrected chi connectivity index (χ1v) is 21.4. The molecule has 0 bridgehead atoms. The van der Waals surface area contributed by atoms with Crippen LogP contribution in [-0.4, -0.2) is 129 Å². The van der Waals surface area contributed by atoms with Gasteiger partial charge in [-0.3, -0.25) is 0 Å². The lowest BCUT2D eigenvalue weighted by molar-refractivity contribution is -0.254. The van der Waals surface area contributed by atoms with Crippen LogP contribution < -0.4 is 0 Å². The lowest BCUT2D eigenvalue weighted by Gasteiger charge is -2.64. The van der Waals surface area contributed by atoms with Gasteiger partial charge in [0.2, 0.25) is 0 Å². The van der Waals surface area contributed by atoms with Gasteiger partial charge in [-0.15, -0.1) is 0 Å². The van der Waals surface area contributed by atoms with Crippen molar-refractivity contribution in [1.29, 1.82) is 0 Å². The third-order valence-electron chi connectivity index (χ3n) is 17.4. The molecular formula is C43H70F2O11. The summed E-state index contributed by atoms with van der Waals surface area (Å²) in [4.78, 5) is 13.7. The molecule has 0 aromatic carbocycles. The largest absolute Gasteiger partial charge is 0.457 e. The zero-order valence-corrected chi connectivity index (χ0v) is 35.0. The number of ether oxygens (including phenoxy) is 7. The van der Waals surface area contributed by atoms with Crippen LogP contribution >= 0.6 is 0 Å². The van der Waals surface area contributed by atoms with Gasteiger partial charge in [-0.1, -0.05) is 27.7 Å². The van der Waals surface area contributed by atoms with Crippen LogP contribution in [0.25, 0.3) is 0 Å². The molecule has 6 saturated carbocycles. The van der Waals surface area contributed by atoms with E-state index in [1.807, 2.05) is 0 Å². The lowest BCUT2D eigenvalue weighted by atomic mass is 9.40. The highest BCUT2D eigenvalue weighted by Gasteiger charge is 3.00. The normalized spacial score (nSPS) is 45.3. The van der Waals surface area contributed by atoms with E-state index >= 15 is 8.78 Å². The van der Waals surface area contributed by atoms with Crippen LogP contribution in [0.5, 0.6) is 0 Å². The zero-order valence-electron chi connectivity index (χ0n) is 35.0. The maximum absolute atomic E-state index is 16.2. The molecule has 7 aliphatic rings. The van der Waals surface area contributed by atoms with E-state index in [-0.39, 0.29) is 72.4 Å². The minimum atomic E-state index is -2.89. The van der Waals surface area contributed by atoms with Gasteiger partial charge in [0.1, 0.15) is 12.2 Å². The topological polar surface area (TPSA) is 142 Å². The van der Waals surface area contributed by atoms with Gasteiger partial charge in [-0.05, 0) is 106 Å². The number of alkyl halides is 2. The summed E-state index contributed by atoms with van der Waals surface area (Å²) in [6, 6.07) is 0. The maximum atomic E-state index is 16.2. The summed E-state index contributed by atoms with van der Waals surface area (Å²) in [6.07, 6.45) is 5.02. The molecule has 0 aromatic rings. The molecule has 3 N–H and O–H groups in total. The molecule has 6 aliphatic carbocycles. The van der Waals surface area contributed by atoms with Gasteiger partial charge in [0.25, 0.3) is 5.92 Å². The first kappa shape index (κ1) is 43.1. The number of carbonyl (C=O) groups is 1. The van der Waals surface area contributed by atoms with Crippen molar-refractivity contribution in [3.05, 3.63) is 0 Å². The summed E-state index contributed by atoms with van der Waals surface area (Å²) in [5, 5.41) is 31.7. The minimum absolute atomic E-state index is 0.0135. The van der Waals surface area contributed by atoms with E-state index in [0.29, 0.717) is 71.9 Å². The van der Waals surface area contributed by atoms with Gasteiger partial charge in [-0.25, -0.2) is 13.6 Å². The number of esters is 1. The van der Waals surface area contributed by atoms with Gasteiger partial charge in [0.15, 0.2) is 0 Å². The number of aliphatic hydroxyl groups excluding tert-OH is 2. The molecule has 0 radical (unpaired) electrons. The Hall–Kier alpha value is -1.03. The lowest BCUT2D eigenvalue weighted by Crippen LogP contribution is -2.64. The summed E-state index contributed by atoms with van der Waals surface area (Å²) < 4.78 is 72.9. The molecule has 0 amide bonds. The quantitative estimate of drug-likeness (QED) is 0.113. The van der Waals surface area contributed by atoms with Crippen molar-refractivity contribution >= 4 is 5.97 Å². The van der Waals surface area contributed by atoms with Crippen LogP contribution in [0.2, 0.25) is 0 Å². The summed E-state index contributed by atoms with van der Waals surface area (Å²) in [5.74, 6) is -3.49. The molecule has 0 unspecified atom stereocenters. The second-order valence-corrected chi connectivity index (χ2v) is 20.5. The second kappa shape index (κ2) is 14.6. The molecule has 3 spiro atoms. The molecule has 13 heteroatoms. The Morgan fingerprint density at radius 2 is 1.36 bits per heavy atom. The molecule has 1 heterocycles. The predicted octanol–water partition coefficient (Wildman–Crippen LogP) is 5.48. The van der Waals surface area contributed by atoms with Gasteiger partial charge in [0.05, 0.1) is 89.5 Å². The fourth-order valence-corrected chi connectivity index (χ4v) is 14.8. The molecule has 11 atom stereocenters. The standard InChI is InChI=1S/C43H70F2O11/c1-34(2,49)31-8-9-38(7,55-31)33-29(47)24-37(6)30-25-41(56-32(48)26-54-23-22-53-21-20-52-19-18-51-17-16-50-15-14-46)28-42(41)35(3,4)43(44,45)13-12-40(42)27-39(30,40)11-10-36(33,37)5/h29-31,33,46-47,49H,8-28H2,1-7H3/t29-,30-,31-,33-,36+,37-,38-,39-,40-,41+,42-/m0/s1. The highest BCUT2D eigenvalue weighted by Crippen LogP contribution is 3.00. The molecule has 1 aliphatic heterocycles. The van der Waals surface area contributed by atoms with Crippen molar-refractivity contribution in [2.24, 2.45) is 44.3 Å². The minimum Gasteiger partial charge on any atom is -0.457 e. The number of hydrogen-bond donors (Lipinski definition) is 3. The molecule has 56 heavy (non-hydrogen) atoms. The van der Waals surface area contributed by atoms with E-state index in [2.05, 4.69) is 20.8 Å². The monoisotopic (exact) mass is 800 g/mol. The van der Waals surface area contributed by atoms with Crippen molar-refractivity contribution in [2.45, 2.75) is 148 Å². The van der Waals surface area contributed by atoms with Gasteiger partial charge in [-0.2, -0.15) is 0 Å².